The number of halogens is 1. The maximum Gasteiger partial charge on any atom is 0.217 e. The second-order valence-corrected chi connectivity index (χ2v) is 5.45. The van der Waals surface area contributed by atoms with Gasteiger partial charge < -0.3 is 4.74 Å². The zero-order valence-electron chi connectivity index (χ0n) is 11.7. The van der Waals surface area contributed by atoms with Crippen molar-refractivity contribution in [2.75, 3.05) is 6.61 Å². The van der Waals surface area contributed by atoms with E-state index in [0.717, 1.165) is 36.1 Å². The van der Waals surface area contributed by atoms with E-state index in [2.05, 4.69) is 57.1 Å². The summed E-state index contributed by atoms with van der Waals surface area (Å²) in [5, 5.41) is 0. The lowest BCUT2D eigenvalue weighted by Gasteiger charge is -2.07. The molecule has 1 aromatic carbocycles. The van der Waals surface area contributed by atoms with Gasteiger partial charge in [0.15, 0.2) is 0 Å². The van der Waals surface area contributed by atoms with Crippen molar-refractivity contribution < 1.29 is 4.74 Å². The van der Waals surface area contributed by atoms with Crippen LogP contribution in [0.4, 0.5) is 0 Å². The molecule has 2 rings (SSSR count). The number of aryl methyl sites for hydroxylation is 2. The molecule has 0 amide bonds. The summed E-state index contributed by atoms with van der Waals surface area (Å²) < 4.78 is 6.50. The van der Waals surface area contributed by atoms with Crippen molar-refractivity contribution in [1.82, 2.24) is 9.97 Å². The third-order valence-corrected chi connectivity index (χ3v) is 3.30. The summed E-state index contributed by atoms with van der Waals surface area (Å²) >= 11 is 3.40. The molecule has 3 nitrogen and oxygen atoms in total. The van der Waals surface area contributed by atoms with Gasteiger partial charge in [-0.15, -0.1) is 0 Å². The number of rotatable bonds is 7. The fraction of sp³-hybridized carbons (Fsp3) is 0.375. The lowest BCUT2D eigenvalue weighted by Crippen LogP contribution is -2.04. The largest absolute Gasteiger partial charge is 0.478 e. The molecule has 0 unspecified atom stereocenters. The van der Waals surface area contributed by atoms with Crippen LogP contribution in [0.1, 0.15) is 31.2 Å². The van der Waals surface area contributed by atoms with Gasteiger partial charge in [0.05, 0.1) is 6.61 Å². The molecule has 0 aliphatic heterocycles. The van der Waals surface area contributed by atoms with Gasteiger partial charge in [-0.1, -0.05) is 37.3 Å². The summed E-state index contributed by atoms with van der Waals surface area (Å²) in [6.07, 6.45) is 3.91. The number of ether oxygens (including phenoxy) is 1. The van der Waals surface area contributed by atoms with Gasteiger partial charge in [-0.2, -0.15) is 4.98 Å². The normalized spacial score (nSPS) is 10.5. The zero-order valence-corrected chi connectivity index (χ0v) is 13.3. The van der Waals surface area contributed by atoms with Crippen molar-refractivity contribution >= 4 is 15.9 Å². The summed E-state index contributed by atoms with van der Waals surface area (Å²) in [5.74, 6) is 1.49. The standard InChI is InChI=1S/C16H19BrN2O/c1-2-7-15-18-14(17)12-16(19-15)20-11-6-10-13-8-4-3-5-9-13/h3-5,8-9,12H,2,6-7,10-11H2,1H3. The van der Waals surface area contributed by atoms with E-state index < -0.39 is 0 Å². The van der Waals surface area contributed by atoms with Crippen molar-refractivity contribution in [1.29, 1.82) is 0 Å². The molecule has 1 aromatic heterocycles. The van der Waals surface area contributed by atoms with Crippen molar-refractivity contribution in [3.05, 3.63) is 52.4 Å². The van der Waals surface area contributed by atoms with E-state index in [1.165, 1.54) is 5.56 Å². The highest BCUT2D eigenvalue weighted by Crippen LogP contribution is 2.15. The number of benzene rings is 1. The first-order valence-corrected chi connectivity index (χ1v) is 7.77. The molecule has 0 saturated carbocycles. The lowest BCUT2D eigenvalue weighted by atomic mass is 10.1. The number of hydrogen-bond acceptors (Lipinski definition) is 3. The Labute approximate surface area is 128 Å². The SMILES string of the molecule is CCCc1nc(Br)cc(OCCCc2ccccc2)n1. The van der Waals surface area contributed by atoms with Gasteiger partial charge in [0.2, 0.25) is 5.88 Å². The highest BCUT2D eigenvalue weighted by molar-refractivity contribution is 9.10. The van der Waals surface area contributed by atoms with E-state index >= 15 is 0 Å². The first-order valence-electron chi connectivity index (χ1n) is 6.98. The summed E-state index contributed by atoms with van der Waals surface area (Å²) in [4.78, 5) is 8.73. The Kier molecular flexibility index (Phi) is 5.99. The fourth-order valence-corrected chi connectivity index (χ4v) is 2.35. The van der Waals surface area contributed by atoms with Gasteiger partial charge >= 0.3 is 0 Å². The molecule has 20 heavy (non-hydrogen) atoms. The van der Waals surface area contributed by atoms with Gasteiger partial charge in [-0.05, 0) is 40.8 Å². The molecule has 0 radical (unpaired) electrons. The molecule has 0 fully saturated rings. The van der Waals surface area contributed by atoms with Gasteiger partial charge in [-0.25, -0.2) is 4.98 Å². The molecule has 0 atom stereocenters. The minimum absolute atomic E-state index is 0.656. The maximum absolute atomic E-state index is 5.71. The first-order chi connectivity index (χ1) is 9.78. The van der Waals surface area contributed by atoms with E-state index in [-0.39, 0.29) is 0 Å². The number of hydrogen-bond donors (Lipinski definition) is 0. The highest BCUT2D eigenvalue weighted by Gasteiger charge is 2.03. The third-order valence-electron chi connectivity index (χ3n) is 2.89. The van der Waals surface area contributed by atoms with Crippen molar-refractivity contribution in [2.45, 2.75) is 32.6 Å². The average molecular weight is 335 g/mol. The Balaban J connectivity index is 1.81. The molecule has 0 saturated heterocycles. The van der Waals surface area contributed by atoms with E-state index in [1.807, 2.05) is 12.1 Å². The third kappa shape index (κ3) is 4.93. The smallest absolute Gasteiger partial charge is 0.217 e. The molecular formula is C16H19BrN2O. The van der Waals surface area contributed by atoms with Crippen LogP contribution < -0.4 is 4.74 Å². The number of aromatic nitrogens is 2. The highest BCUT2D eigenvalue weighted by atomic mass is 79.9. The molecule has 0 spiro atoms. The topological polar surface area (TPSA) is 35.0 Å². The Morgan fingerprint density at radius 1 is 1.10 bits per heavy atom. The molecule has 0 aliphatic carbocycles. The molecule has 0 aliphatic rings. The van der Waals surface area contributed by atoms with Crippen LogP contribution in [0.15, 0.2) is 41.0 Å². The van der Waals surface area contributed by atoms with Crippen molar-refractivity contribution in [2.24, 2.45) is 0 Å². The molecule has 0 bridgehead atoms. The quantitative estimate of drug-likeness (QED) is 0.562. The fourth-order valence-electron chi connectivity index (χ4n) is 1.95. The van der Waals surface area contributed by atoms with Gasteiger partial charge in [0.1, 0.15) is 10.4 Å². The van der Waals surface area contributed by atoms with E-state index in [0.29, 0.717) is 12.5 Å². The molecule has 0 N–H and O–H groups in total. The Morgan fingerprint density at radius 3 is 2.65 bits per heavy atom. The van der Waals surface area contributed by atoms with E-state index in [4.69, 9.17) is 4.74 Å². The van der Waals surface area contributed by atoms with Crippen LogP contribution in [0.3, 0.4) is 0 Å². The number of nitrogens with zero attached hydrogens (tertiary/aromatic N) is 2. The van der Waals surface area contributed by atoms with E-state index in [1.54, 1.807) is 0 Å². The van der Waals surface area contributed by atoms with Gasteiger partial charge in [-0.3, -0.25) is 0 Å². The van der Waals surface area contributed by atoms with E-state index in [9.17, 15) is 0 Å². The maximum atomic E-state index is 5.71. The van der Waals surface area contributed by atoms with Gasteiger partial charge in [0.25, 0.3) is 0 Å². The van der Waals surface area contributed by atoms with Crippen LogP contribution >= 0.6 is 15.9 Å². The van der Waals surface area contributed by atoms with Crippen LogP contribution in [-0.4, -0.2) is 16.6 Å². The summed E-state index contributed by atoms with van der Waals surface area (Å²) in [5.41, 5.74) is 1.34. The molecule has 106 valence electrons. The van der Waals surface area contributed by atoms with Gasteiger partial charge in [0, 0.05) is 12.5 Å². The van der Waals surface area contributed by atoms with Crippen LogP contribution in [-0.2, 0) is 12.8 Å². The summed E-state index contributed by atoms with van der Waals surface area (Å²) in [6, 6.07) is 12.3. The predicted molar refractivity (Wildman–Crippen MR) is 84.0 cm³/mol. The molecule has 1 heterocycles. The molecule has 2 aromatic rings. The minimum atomic E-state index is 0.656. The second kappa shape index (κ2) is 8.00. The Morgan fingerprint density at radius 2 is 1.90 bits per heavy atom. The monoisotopic (exact) mass is 334 g/mol. The second-order valence-electron chi connectivity index (χ2n) is 4.63. The van der Waals surface area contributed by atoms with Crippen LogP contribution in [0.2, 0.25) is 0 Å². The van der Waals surface area contributed by atoms with Crippen LogP contribution in [0.25, 0.3) is 0 Å². The lowest BCUT2D eigenvalue weighted by molar-refractivity contribution is 0.297. The molecule has 4 heteroatoms. The first kappa shape index (κ1) is 15.0. The van der Waals surface area contributed by atoms with Crippen molar-refractivity contribution in [3.63, 3.8) is 0 Å². The Hall–Kier alpha value is -1.42. The summed E-state index contributed by atoms with van der Waals surface area (Å²) in [6.45, 7) is 2.79. The van der Waals surface area contributed by atoms with Crippen LogP contribution in [0.5, 0.6) is 5.88 Å². The zero-order chi connectivity index (χ0) is 14.2. The van der Waals surface area contributed by atoms with Crippen LogP contribution in [0, 0.1) is 0 Å². The predicted octanol–water partition coefficient (Wildman–Crippen LogP) is 4.20. The Bertz CT molecular complexity index is 531. The average Bonchev–Trinajstić information content (AvgIpc) is 2.45. The summed E-state index contributed by atoms with van der Waals surface area (Å²) in [7, 11) is 0. The minimum Gasteiger partial charge on any atom is -0.478 e. The molecular weight excluding hydrogens is 316 g/mol. The van der Waals surface area contributed by atoms with Crippen molar-refractivity contribution in [3.8, 4) is 5.88 Å².